The van der Waals surface area contributed by atoms with Crippen LogP contribution in [0.2, 0.25) is 5.02 Å². The minimum absolute atomic E-state index is 0.000520. The molecule has 0 fully saturated rings. The maximum absolute atomic E-state index is 13.6. The Bertz CT molecular complexity index is 612. The second kappa shape index (κ2) is 6.47. The van der Waals surface area contributed by atoms with E-state index in [2.05, 4.69) is 15.4 Å². The van der Waals surface area contributed by atoms with Crippen LogP contribution in [0.5, 0.6) is 11.6 Å². The Hall–Kier alpha value is -1.96. The number of nitrogens with one attached hydrogen (secondary N) is 1. The molecule has 0 aliphatic rings. The number of ether oxygens (including phenoxy) is 2. The predicted molar refractivity (Wildman–Crippen MR) is 72.0 cm³/mol. The molecule has 8 heteroatoms. The molecule has 0 saturated heterocycles. The third-order valence-corrected chi connectivity index (χ3v) is 2.51. The van der Waals surface area contributed by atoms with Gasteiger partial charge in [-0.15, -0.1) is 0 Å². The van der Waals surface area contributed by atoms with E-state index in [9.17, 15) is 4.39 Å². The Morgan fingerprint density at radius 3 is 2.80 bits per heavy atom. The van der Waals surface area contributed by atoms with Crippen LogP contribution in [0.1, 0.15) is 5.82 Å². The average molecular weight is 299 g/mol. The molecule has 106 valence electrons. The molecule has 0 radical (unpaired) electrons. The van der Waals surface area contributed by atoms with Gasteiger partial charge < -0.3 is 14.9 Å². The van der Waals surface area contributed by atoms with E-state index in [1.54, 1.807) is 0 Å². The number of anilines is 1. The van der Waals surface area contributed by atoms with Crippen LogP contribution in [0.15, 0.2) is 24.3 Å². The fourth-order valence-electron chi connectivity index (χ4n) is 1.46. The normalized spacial score (nSPS) is 10.4. The summed E-state index contributed by atoms with van der Waals surface area (Å²) in [5.74, 6) is 5.53. The first-order valence-corrected chi connectivity index (χ1v) is 5.96. The zero-order chi connectivity index (χ0) is 14.5. The van der Waals surface area contributed by atoms with Crippen LogP contribution in [0.4, 0.5) is 10.2 Å². The van der Waals surface area contributed by atoms with Crippen molar-refractivity contribution in [2.75, 3.05) is 12.5 Å². The van der Waals surface area contributed by atoms with Crippen molar-refractivity contribution in [1.29, 1.82) is 0 Å². The zero-order valence-electron chi connectivity index (χ0n) is 10.6. The van der Waals surface area contributed by atoms with Gasteiger partial charge in [-0.25, -0.2) is 15.2 Å². The molecule has 3 N–H and O–H groups in total. The molecular weight excluding hydrogens is 287 g/mol. The molecule has 1 heterocycles. The van der Waals surface area contributed by atoms with Gasteiger partial charge >= 0.3 is 0 Å². The van der Waals surface area contributed by atoms with E-state index in [0.29, 0.717) is 11.6 Å². The van der Waals surface area contributed by atoms with E-state index in [1.807, 2.05) is 0 Å². The van der Waals surface area contributed by atoms with Gasteiger partial charge in [0, 0.05) is 18.2 Å². The molecular formula is C12H12ClFN4O2. The van der Waals surface area contributed by atoms with Gasteiger partial charge in [0.1, 0.15) is 12.4 Å². The number of aromatic nitrogens is 2. The van der Waals surface area contributed by atoms with Crippen molar-refractivity contribution in [1.82, 2.24) is 9.97 Å². The Morgan fingerprint density at radius 2 is 2.15 bits per heavy atom. The molecule has 0 aliphatic heterocycles. The van der Waals surface area contributed by atoms with Gasteiger partial charge in [-0.3, -0.25) is 0 Å². The van der Waals surface area contributed by atoms with E-state index >= 15 is 0 Å². The predicted octanol–water partition coefficient (Wildman–Crippen LogP) is 2.49. The van der Waals surface area contributed by atoms with Crippen molar-refractivity contribution in [3.8, 4) is 11.6 Å². The van der Waals surface area contributed by atoms with Crippen molar-refractivity contribution in [2.24, 2.45) is 5.84 Å². The van der Waals surface area contributed by atoms with E-state index in [4.69, 9.17) is 26.9 Å². The molecule has 2 aromatic rings. The molecule has 0 aliphatic carbocycles. The highest BCUT2D eigenvalue weighted by Gasteiger charge is 2.09. The molecule has 0 amide bonds. The number of nitrogens with zero attached hydrogens (tertiary/aromatic N) is 2. The Labute approximate surface area is 119 Å². The molecule has 2 rings (SSSR count). The smallest absolute Gasteiger partial charge is 0.224 e. The monoisotopic (exact) mass is 298 g/mol. The lowest BCUT2D eigenvalue weighted by Gasteiger charge is -2.09. The van der Waals surface area contributed by atoms with E-state index < -0.39 is 5.82 Å². The van der Waals surface area contributed by atoms with Gasteiger partial charge in [0.25, 0.3) is 0 Å². The number of rotatable bonds is 5. The molecule has 20 heavy (non-hydrogen) atoms. The number of hydrogen-bond acceptors (Lipinski definition) is 6. The Kier molecular flexibility index (Phi) is 4.67. The SMILES string of the molecule is COCc1nc(NN)cc(Oc2ccc(Cl)cc2F)n1. The third-order valence-electron chi connectivity index (χ3n) is 2.28. The Balaban J connectivity index is 2.29. The average Bonchev–Trinajstić information content (AvgIpc) is 2.42. The van der Waals surface area contributed by atoms with Crippen LogP contribution in [0, 0.1) is 5.82 Å². The summed E-state index contributed by atoms with van der Waals surface area (Å²) in [6.07, 6.45) is 0. The highest BCUT2D eigenvalue weighted by atomic mass is 35.5. The van der Waals surface area contributed by atoms with Gasteiger partial charge in [0.2, 0.25) is 5.88 Å². The summed E-state index contributed by atoms with van der Waals surface area (Å²) in [6.45, 7) is 0.176. The number of hydrogen-bond donors (Lipinski definition) is 2. The molecule has 0 bridgehead atoms. The quantitative estimate of drug-likeness (QED) is 0.652. The maximum Gasteiger partial charge on any atom is 0.224 e. The number of halogens is 2. The standard InChI is InChI=1S/C12H12ClFN4O2/c1-19-6-11-16-10(18-15)5-12(17-11)20-9-3-2-7(13)4-8(9)14/h2-5H,6,15H2,1H3,(H,16,17,18). The fourth-order valence-corrected chi connectivity index (χ4v) is 1.62. The summed E-state index contributed by atoms with van der Waals surface area (Å²) >= 11 is 5.67. The fraction of sp³-hybridized carbons (Fsp3) is 0.167. The van der Waals surface area contributed by atoms with E-state index in [0.717, 1.165) is 6.07 Å². The lowest BCUT2D eigenvalue weighted by molar-refractivity contribution is 0.177. The first-order valence-electron chi connectivity index (χ1n) is 5.59. The molecule has 1 aromatic carbocycles. The van der Waals surface area contributed by atoms with Crippen molar-refractivity contribution < 1.29 is 13.9 Å². The number of nitrogen functional groups attached to an aromatic ring is 1. The van der Waals surface area contributed by atoms with Crippen LogP contribution in [-0.2, 0) is 11.3 Å². The van der Waals surface area contributed by atoms with Crippen LogP contribution in [0.3, 0.4) is 0 Å². The van der Waals surface area contributed by atoms with Crippen molar-refractivity contribution in [2.45, 2.75) is 6.61 Å². The second-order valence-corrected chi connectivity index (χ2v) is 4.20. The number of benzene rings is 1. The summed E-state index contributed by atoms with van der Waals surface area (Å²) in [5, 5.41) is 0.280. The van der Waals surface area contributed by atoms with Crippen molar-refractivity contribution >= 4 is 17.4 Å². The minimum atomic E-state index is -0.591. The van der Waals surface area contributed by atoms with E-state index in [1.165, 1.54) is 25.3 Å². The Morgan fingerprint density at radius 1 is 1.35 bits per heavy atom. The number of nitrogens with two attached hydrogens (primary N) is 1. The van der Waals surface area contributed by atoms with Gasteiger partial charge in [0.05, 0.1) is 0 Å². The zero-order valence-corrected chi connectivity index (χ0v) is 11.3. The number of hydrazine groups is 1. The molecule has 0 saturated carbocycles. The van der Waals surface area contributed by atoms with Gasteiger partial charge in [-0.2, -0.15) is 4.98 Å². The lowest BCUT2D eigenvalue weighted by Crippen LogP contribution is -2.11. The summed E-state index contributed by atoms with van der Waals surface area (Å²) in [5.41, 5.74) is 2.37. The van der Waals surface area contributed by atoms with Crippen molar-refractivity contribution in [3.05, 3.63) is 40.9 Å². The van der Waals surface area contributed by atoms with Crippen LogP contribution < -0.4 is 16.0 Å². The molecule has 0 spiro atoms. The first-order chi connectivity index (χ1) is 9.62. The minimum Gasteiger partial charge on any atom is -0.436 e. The topological polar surface area (TPSA) is 82.3 Å². The molecule has 0 unspecified atom stereocenters. The highest BCUT2D eigenvalue weighted by molar-refractivity contribution is 6.30. The van der Waals surface area contributed by atoms with Crippen LogP contribution in [-0.4, -0.2) is 17.1 Å². The second-order valence-electron chi connectivity index (χ2n) is 3.76. The van der Waals surface area contributed by atoms with Gasteiger partial charge in [-0.05, 0) is 18.2 Å². The van der Waals surface area contributed by atoms with Crippen molar-refractivity contribution in [3.63, 3.8) is 0 Å². The number of methoxy groups -OCH3 is 1. The van der Waals surface area contributed by atoms with Crippen LogP contribution >= 0.6 is 11.6 Å². The molecule has 6 nitrogen and oxygen atoms in total. The van der Waals surface area contributed by atoms with E-state index in [-0.39, 0.29) is 23.3 Å². The summed E-state index contributed by atoms with van der Waals surface area (Å²) in [6, 6.07) is 5.51. The first kappa shape index (κ1) is 14.4. The summed E-state index contributed by atoms with van der Waals surface area (Å²) in [4.78, 5) is 8.13. The molecule has 1 aromatic heterocycles. The van der Waals surface area contributed by atoms with Gasteiger partial charge in [-0.1, -0.05) is 11.6 Å². The maximum atomic E-state index is 13.6. The highest BCUT2D eigenvalue weighted by Crippen LogP contribution is 2.26. The lowest BCUT2D eigenvalue weighted by atomic mass is 10.3. The van der Waals surface area contributed by atoms with Crippen LogP contribution in [0.25, 0.3) is 0 Å². The summed E-state index contributed by atoms with van der Waals surface area (Å²) < 4.78 is 23.9. The van der Waals surface area contributed by atoms with Gasteiger partial charge in [0.15, 0.2) is 17.4 Å². The largest absolute Gasteiger partial charge is 0.436 e. The summed E-state index contributed by atoms with van der Waals surface area (Å²) in [7, 11) is 1.51. The molecule has 0 atom stereocenters. The third kappa shape index (κ3) is 3.53.